The molecule has 0 saturated heterocycles. The van der Waals surface area contributed by atoms with Gasteiger partial charge in [-0.1, -0.05) is 39.5 Å². The van der Waals surface area contributed by atoms with E-state index in [9.17, 15) is 24.0 Å². The van der Waals surface area contributed by atoms with Gasteiger partial charge in [0.25, 0.3) is 0 Å². The minimum Gasteiger partial charge on any atom is -0.428 e. The molecule has 9 heteroatoms. The van der Waals surface area contributed by atoms with Gasteiger partial charge in [0, 0.05) is 24.0 Å². The van der Waals surface area contributed by atoms with Crippen molar-refractivity contribution in [2.75, 3.05) is 12.5 Å². The molecule has 0 aliphatic rings. The van der Waals surface area contributed by atoms with E-state index in [4.69, 9.17) is 9.47 Å². The van der Waals surface area contributed by atoms with Gasteiger partial charge in [-0.05, 0) is 32.5 Å². The molecular weight excluding hydrogens is 404 g/mol. The zero-order valence-corrected chi connectivity index (χ0v) is 19.2. The van der Waals surface area contributed by atoms with Crippen LogP contribution in [0, 0.1) is 17.8 Å². The van der Waals surface area contributed by atoms with Gasteiger partial charge < -0.3 is 9.47 Å². The lowest BCUT2D eigenvalue weighted by Gasteiger charge is -2.23. The van der Waals surface area contributed by atoms with Crippen molar-refractivity contribution >= 4 is 51.5 Å². The van der Waals surface area contributed by atoms with Gasteiger partial charge in [-0.25, -0.2) is 4.79 Å². The molecule has 0 aliphatic carbocycles. The van der Waals surface area contributed by atoms with E-state index in [-0.39, 0.29) is 40.7 Å². The Morgan fingerprint density at radius 1 is 0.929 bits per heavy atom. The van der Waals surface area contributed by atoms with Crippen LogP contribution in [0.3, 0.4) is 0 Å². The monoisotopic (exact) mass is 434 g/mol. The number of hydrogen-bond donors (Lipinski definition) is 0. The average molecular weight is 435 g/mol. The van der Waals surface area contributed by atoms with Crippen molar-refractivity contribution in [2.24, 2.45) is 17.8 Å². The minimum atomic E-state index is -1.13. The molecule has 0 aromatic heterocycles. The van der Waals surface area contributed by atoms with E-state index in [2.05, 4.69) is 0 Å². The van der Waals surface area contributed by atoms with Gasteiger partial charge in [-0.2, -0.15) is 0 Å². The number of hydrogen-bond acceptors (Lipinski definition) is 9. The fourth-order valence-electron chi connectivity index (χ4n) is 1.74. The highest BCUT2D eigenvalue weighted by Gasteiger charge is 2.34. The first-order valence-electron chi connectivity index (χ1n) is 9.00. The first-order chi connectivity index (χ1) is 12.8. The summed E-state index contributed by atoms with van der Waals surface area (Å²) >= 11 is 1.71. The summed E-state index contributed by atoms with van der Waals surface area (Å²) < 4.78 is 8.45. The largest absolute Gasteiger partial charge is 0.428 e. The summed E-state index contributed by atoms with van der Waals surface area (Å²) in [4.78, 5) is 59.4. The van der Waals surface area contributed by atoms with Crippen LogP contribution in [0.5, 0.6) is 0 Å². The molecule has 0 N–H and O–H groups in total. The summed E-state index contributed by atoms with van der Waals surface area (Å²) in [5, 5.41) is -0.787. The Balaban J connectivity index is 4.67. The third-order valence-corrected chi connectivity index (χ3v) is 6.11. The minimum absolute atomic E-state index is 0.0353. The molecule has 0 aliphatic heterocycles. The van der Waals surface area contributed by atoms with Crippen LogP contribution in [-0.2, 0) is 28.7 Å². The van der Waals surface area contributed by atoms with E-state index in [1.54, 1.807) is 41.5 Å². The maximum Gasteiger partial charge on any atom is 0.371 e. The lowest BCUT2D eigenvalue weighted by molar-refractivity contribution is -0.155. The number of esters is 1. The number of ether oxygens (including phenoxy) is 2. The third-order valence-electron chi connectivity index (χ3n) is 3.76. The Kier molecular flexibility index (Phi) is 11.7. The molecule has 0 spiro atoms. The molecule has 0 heterocycles. The first kappa shape index (κ1) is 26.6. The topological polar surface area (TPSA) is 104 Å². The zero-order valence-electron chi connectivity index (χ0n) is 17.5. The molecule has 0 bridgehead atoms. The van der Waals surface area contributed by atoms with Gasteiger partial charge in [-0.15, -0.1) is 0 Å². The van der Waals surface area contributed by atoms with Crippen LogP contribution in [0.25, 0.3) is 0 Å². The van der Waals surface area contributed by atoms with Crippen molar-refractivity contribution in [3.05, 3.63) is 0 Å². The summed E-state index contributed by atoms with van der Waals surface area (Å²) in [6.45, 7) is 10.8. The fourth-order valence-corrected chi connectivity index (χ4v) is 3.51. The van der Waals surface area contributed by atoms with Gasteiger partial charge in [0.2, 0.25) is 6.79 Å². The normalized spacial score (nSPS) is 12.6. The summed E-state index contributed by atoms with van der Waals surface area (Å²) in [6, 6.07) is 0. The molecule has 0 radical (unpaired) electrons. The summed E-state index contributed by atoms with van der Waals surface area (Å²) in [5.74, 6) is -1.83. The summed E-state index contributed by atoms with van der Waals surface area (Å²) in [7, 11) is 0. The Morgan fingerprint density at radius 2 is 1.50 bits per heavy atom. The van der Waals surface area contributed by atoms with Gasteiger partial charge in [0.15, 0.2) is 5.12 Å². The molecule has 0 amide bonds. The van der Waals surface area contributed by atoms with Crippen LogP contribution >= 0.6 is 23.5 Å². The molecule has 0 rings (SSSR count). The predicted octanol–water partition coefficient (Wildman–Crippen LogP) is 3.87. The highest BCUT2D eigenvalue weighted by molar-refractivity contribution is 8.15. The lowest BCUT2D eigenvalue weighted by Crippen LogP contribution is -2.33. The van der Waals surface area contributed by atoms with Crippen molar-refractivity contribution in [3.63, 3.8) is 0 Å². The number of rotatable bonds is 11. The van der Waals surface area contributed by atoms with E-state index >= 15 is 0 Å². The van der Waals surface area contributed by atoms with Crippen LogP contribution in [0.15, 0.2) is 0 Å². The molecule has 0 fully saturated rings. The van der Waals surface area contributed by atoms with Crippen molar-refractivity contribution in [1.29, 1.82) is 0 Å². The van der Waals surface area contributed by atoms with Crippen LogP contribution in [0.1, 0.15) is 54.9 Å². The third kappa shape index (κ3) is 10.3. The molecule has 0 aromatic carbocycles. The average Bonchev–Trinajstić information content (AvgIpc) is 2.56. The van der Waals surface area contributed by atoms with E-state index in [1.165, 1.54) is 6.92 Å². The molecule has 7 nitrogen and oxygen atoms in total. The zero-order chi connectivity index (χ0) is 22.1. The van der Waals surface area contributed by atoms with Crippen molar-refractivity contribution in [2.45, 2.75) is 59.6 Å². The van der Waals surface area contributed by atoms with Crippen molar-refractivity contribution in [1.82, 2.24) is 0 Å². The predicted molar refractivity (Wildman–Crippen MR) is 110 cm³/mol. The van der Waals surface area contributed by atoms with Crippen molar-refractivity contribution < 1.29 is 33.4 Å². The summed E-state index contributed by atoms with van der Waals surface area (Å²) in [6.07, 6.45) is -0.0661. The van der Waals surface area contributed by atoms with E-state index < -0.39 is 28.7 Å². The van der Waals surface area contributed by atoms with Crippen molar-refractivity contribution in [3.8, 4) is 0 Å². The maximum absolute atomic E-state index is 12.6. The number of thioether (sulfide) groups is 2. The Labute approximate surface area is 175 Å². The Morgan fingerprint density at radius 3 is 1.96 bits per heavy atom. The van der Waals surface area contributed by atoms with Crippen LogP contribution in [0.2, 0.25) is 0 Å². The highest BCUT2D eigenvalue weighted by atomic mass is 32.2. The Hall–Kier alpha value is -1.35. The first-order valence-corrected chi connectivity index (χ1v) is 10.8. The molecule has 0 aromatic rings. The van der Waals surface area contributed by atoms with Gasteiger partial charge >= 0.3 is 11.3 Å². The van der Waals surface area contributed by atoms with E-state index in [0.29, 0.717) is 11.8 Å². The number of ketones is 2. The molecular formula is C19H30O7S2. The maximum atomic E-state index is 12.6. The second kappa shape index (κ2) is 12.3. The smallest absolute Gasteiger partial charge is 0.371 e. The molecule has 28 heavy (non-hydrogen) atoms. The molecule has 0 saturated carbocycles. The highest BCUT2D eigenvalue weighted by Crippen LogP contribution is 2.31. The second-order valence-electron chi connectivity index (χ2n) is 7.46. The molecule has 1 atom stereocenters. The van der Waals surface area contributed by atoms with Crippen LogP contribution < -0.4 is 0 Å². The van der Waals surface area contributed by atoms with Gasteiger partial charge in [-0.3, -0.25) is 19.2 Å². The van der Waals surface area contributed by atoms with E-state index in [1.807, 2.05) is 0 Å². The molecule has 160 valence electrons. The standard InChI is InChI=1S/C19H30O7S2/c1-11(2)16(22)25-10-26-18(24)28-19(6,7)15(21)8-14(13(5)20)9-27-17(23)12(3)4/h11-12,14H,8-10H2,1-7H3/t14-/m0/s1. The van der Waals surface area contributed by atoms with Gasteiger partial charge in [0.05, 0.1) is 10.7 Å². The Bertz CT molecular complexity index is 597. The SMILES string of the molecule is CC(=O)[C@H](CSC(=O)C(C)C)CC(=O)C(C)(C)SC(=O)OCOC(=O)C(C)C. The van der Waals surface area contributed by atoms with E-state index in [0.717, 1.165) is 11.8 Å². The lowest BCUT2D eigenvalue weighted by atomic mass is 9.94. The number of carbonyl (C=O) groups excluding carboxylic acids is 5. The van der Waals surface area contributed by atoms with Crippen LogP contribution in [-0.4, -0.2) is 45.2 Å². The summed E-state index contributed by atoms with van der Waals surface area (Å²) in [5.41, 5.74) is 0. The number of Topliss-reactive ketones (excluding diaryl/α,β-unsaturated/α-hetero) is 2. The fraction of sp³-hybridized carbons (Fsp3) is 0.737. The quantitative estimate of drug-likeness (QED) is 0.354. The second-order valence-corrected chi connectivity index (χ2v) is 10.0. The van der Waals surface area contributed by atoms with Crippen LogP contribution in [0.4, 0.5) is 4.79 Å². The molecule has 0 unspecified atom stereocenters. The number of carbonyl (C=O) groups is 5. The van der Waals surface area contributed by atoms with Gasteiger partial charge in [0.1, 0.15) is 11.6 Å².